The number of hydrogen-bond donors (Lipinski definition) is 1. The van der Waals surface area contributed by atoms with E-state index in [0.29, 0.717) is 17.9 Å². The summed E-state index contributed by atoms with van der Waals surface area (Å²) in [5, 5.41) is 0. The molecule has 0 saturated heterocycles. The molecule has 0 aliphatic heterocycles. The number of sulfonamides is 1. The first-order valence-electron chi connectivity index (χ1n) is 7.68. The maximum Gasteiger partial charge on any atom is 0.240 e. The van der Waals surface area contributed by atoms with Crippen LogP contribution in [-0.2, 0) is 26.3 Å². The van der Waals surface area contributed by atoms with Gasteiger partial charge in [-0.05, 0) is 48.4 Å². The molecule has 0 amide bonds. The van der Waals surface area contributed by atoms with Gasteiger partial charge in [0, 0.05) is 12.8 Å². The Bertz CT molecular complexity index is 967. The van der Waals surface area contributed by atoms with Gasteiger partial charge in [-0.1, -0.05) is 6.07 Å². The standard InChI is InChI=1S/C17H21NO6S2/c1-23-16-9-4-13(12-17(16)24-2)10-11-18-26(21,22)15-7-5-14(6-8-15)25(3,19)20/h4-9,12,18H,10-11H2,1-3H3. The lowest BCUT2D eigenvalue weighted by molar-refractivity contribution is 0.354. The van der Waals surface area contributed by atoms with Crippen LogP contribution in [0.3, 0.4) is 0 Å². The van der Waals surface area contributed by atoms with Gasteiger partial charge in [0.05, 0.1) is 24.0 Å². The molecule has 9 heteroatoms. The first kappa shape index (κ1) is 20.2. The third kappa shape index (κ3) is 4.96. The van der Waals surface area contributed by atoms with Crippen LogP contribution in [-0.4, -0.2) is 43.9 Å². The second-order valence-electron chi connectivity index (χ2n) is 5.58. The number of methoxy groups -OCH3 is 2. The van der Waals surface area contributed by atoms with E-state index in [1.807, 2.05) is 6.07 Å². The van der Waals surface area contributed by atoms with Gasteiger partial charge in [-0.15, -0.1) is 0 Å². The van der Waals surface area contributed by atoms with Crippen molar-refractivity contribution in [3.8, 4) is 11.5 Å². The molecule has 0 atom stereocenters. The Hall–Kier alpha value is -2.10. The molecule has 2 rings (SSSR count). The number of sulfone groups is 1. The van der Waals surface area contributed by atoms with Crippen LogP contribution < -0.4 is 14.2 Å². The summed E-state index contributed by atoms with van der Waals surface area (Å²) in [5.41, 5.74) is 0.887. The molecule has 0 radical (unpaired) electrons. The highest BCUT2D eigenvalue weighted by atomic mass is 32.2. The number of ether oxygens (including phenoxy) is 2. The van der Waals surface area contributed by atoms with Gasteiger partial charge in [0.25, 0.3) is 0 Å². The Labute approximate surface area is 153 Å². The second kappa shape index (κ2) is 8.07. The van der Waals surface area contributed by atoms with Crippen LogP contribution in [0.2, 0.25) is 0 Å². The van der Waals surface area contributed by atoms with Crippen molar-refractivity contribution in [2.75, 3.05) is 27.0 Å². The third-order valence-corrected chi connectivity index (χ3v) is 6.32. The average molecular weight is 399 g/mol. The first-order chi connectivity index (χ1) is 12.2. The fourth-order valence-corrected chi connectivity index (χ4v) is 3.98. The minimum atomic E-state index is -3.72. The molecule has 0 aliphatic carbocycles. The molecule has 142 valence electrons. The molecule has 0 unspecified atom stereocenters. The summed E-state index contributed by atoms with van der Waals surface area (Å²) in [4.78, 5) is 0.0824. The van der Waals surface area contributed by atoms with Crippen molar-refractivity contribution in [2.45, 2.75) is 16.2 Å². The Morgan fingerprint density at radius 1 is 0.846 bits per heavy atom. The van der Waals surface area contributed by atoms with Gasteiger partial charge >= 0.3 is 0 Å². The van der Waals surface area contributed by atoms with Crippen LogP contribution in [0.4, 0.5) is 0 Å². The zero-order valence-electron chi connectivity index (χ0n) is 14.7. The lowest BCUT2D eigenvalue weighted by Gasteiger charge is -2.10. The van der Waals surface area contributed by atoms with E-state index < -0.39 is 19.9 Å². The smallest absolute Gasteiger partial charge is 0.240 e. The summed E-state index contributed by atoms with van der Waals surface area (Å²) < 4.78 is 60.4. The molecule has 0 heterocycles. The molecule has 0 aromatic heterocycles. The van der Waals surface area contributed by atoms with Crippen molar-refractivity contribution >= 4 is 19.9 Å². The highest BCUT2D eigenvalue weighted by Gasteiger charge is 2.15. The van der Waals surface area contributed by atoms with E-state index in [1.165, 1.54) is 31.4 Å². The molecular weight excluding hydrogens is 378 g/mol. The maximum absolute atomic E-state index is 12.3. The number of hydrogen-bond acceptors (Lipinski definition) is 6. The lowest BCUT2D eigenvalue weighted by Crippen LogP contribution is -2.26. The monoisotopic (exact) mass is 399 g/mol. The molecule has 7 nitrogen and oxygen atoms in total. The van der Waals surface area contributed by atoms with Crippen LogP contribution in [0.1, 0.15) is 5.56 Å². The molecule has 26 heavy (non-hydrogen) atoms. The first-order valence-corrected chi connectivity index (χ1v) is 11.1. The predicted octanol–water partition coefficient (Wildman–Crippen LogP) is 1.63. The third-order valence-electron chi connectivity index (χ3n) is 3.72. The average Bonchev–Trinajstić information content (AvgIpc) is 2.60. The van der Waals surface area contributed by atoms with E-state index in [1.54, 1.807) is 19.2 Å². The van der Waals surface area contributed by atoms with E-state index in [0.717, 1.165) is 11.8 Å². The van der Waals surface area contributed by atoms with Crippen molar-refractivity contribution in [2.24, 2.45) is 0 Å². The van der Waals surface area contributed by atoms with Crippen molar-refractivity contribution < 1.29 is 26.3 Å². The van der Waals surface area contributed by atoms with Crippen LogP contribution in [0, 0.1) is 0 Å². The van der Waals surface area contributed by atoms with E-state index in [4.69, 9.17) is 9.47 Å². The number of nitrogens with one attached hydrogen (secondary N) is 1. The highest BCUT2D eigenvalue weighted by Crippen LogP contribution is 2.27. The Morgan fingerprint density at radius 2 is 1.42 bits per heavy atom. The number of benzene rings is 2. The fourth-order valence-electron chi connectivity index (χ4n) is 2.32. The van der Waals surface area contributed by atoms with Crippen LogP contribution in [0.5, 0.6) is 11.5 Å². The van der Waals surface area contributed by atoms with Crippen LogP contribution in [0.25, 0.3) is 0 Å². The van der Waals surface area contributed by atoms with Crippen molar-refractivity contribution in [1.29, 1.82) is 0 Å². The molecule has 0 saturated carbocycles. The summed E-state index contributed by atoms with van der Waals surface area (Å²) in [6.07, 6.45) is 1.53. The minimum Gasteiger partial charge on any atom is -0.493 e. The van der Waals surface area contributed by atoms with Crippen LogP contribution in [0.15, 0.2) is 52.3 Å². The fraction of sp³-hybridized carbons (Fsp3) is 0.294. The van der Waals surface area contributed by atoms with Crippen LogP contribution >= 0.6 is 0 Å². The Kier molecular flexibility index (Phi) is 6.27. The van der Waals surface area contributed by atoms with Gasteiger partial charge in [-0.2, -0.15) is 0 Å². The predicted molar refractivity (Wildman–Crippen MR) is 98.0 cm³/mol. The van der Waals surface area contributed by atoms with Crippen molar-refractivity contribution in [3.05, 3.63) is 48.0 Å². The largest absolute Gasteiger partial charge is 0.493 e. The molecule has 2 aromatic carbocycles. The zero-order chi connectivity index (χ0) is 19.4. The molecule has 0 bridgehead atoms. The van der Waals surface area contributed by atoms with E-state index in [2.05, 4.69) is 4.72 Å². The van der Waals surface area contributed by atoms with Gasteiger partial charge in [0.1, 0.15) is 0 Å². The second-order valence-corrected chi connectivity index (χ2v) is 9.36. The summed E-state index contributed by atoms with van der Waals surface area (Å²) in [6, 6.07) is 10.5. The van der Waals surface area contributed by atoms with Gasteiger partial charge in [0.2, 0.25) is 10.0 Å². The van der Waals surface area contributed by atoms with Crippen molar-refractivity contribution in [3.63, 3.8) is 0 Å². The summed E-state index contributed by atoms with van der Waals surface area (Å²) >= 11 is 0. The lowest BCUT2D eigenvalue weighted by atomic mass is 10.1. The molecule has 2 aromatic rings. The highest BCUT2D eigenvalue weighted by molar-refractivity contribution is 7.90. The topological polar surface area (TPSA) is 98.8 Å². The molecule has 1 N–H and O–H groups in total. The van der Waals surface area contributed by atoms with E-state index in [9.17, 15) is 16.8 Å². The number of rotatable bonds is 8. The van der Waals surface area contributed by atoms with Crippen molar-refractivity contribution in [1.82, 2.24) is 4.72 Å². The Morgan fingerprint density at radius 3 is 1.96 bits per heavy atom. The molecular formula is C17H21NO6S2. The van der Waals surface area contributed by atoms with E-state index >= 15 is 0 Å². The zero-order valence-corrected chi connectivity index (χ0v) is 16.4. The van der Waals surface area contributed by atoms with Gasteiger partial charge in [-0.3, -0.25) is 0 Å². The summed E-state index contributed by atoms with van der Waals surface area (Å²) in [6.45, 7) is 0.186. The molecule has 0 aliphatic rings. The molecule has 0 spiro atoms. The van der Waals surface area contributed by atoms with Gasteiger partial charge < -0.3 is 9.47 Å². The quantitative estimate of drug-likeness (QED) is 0.724. The Balaban J connectivity index is 2.04. The maximum atomic E-state index is 12.3. The van der Waals surface area contributed by atoms with Gasteiger partial charge in [0.15, 0.2) is 21.3 Å². The SMILES string of the molecule is COc1ccc(CCNS(=O)(=O)c2ccc(S(C)(=O)=O)cc2)cc1OC. The minimum absolute atomic E-state index is 0.0113. The molecule has 0 fully saturated rings. The summed E-state index contributed by atoms with van der Waals surface area (Å²) in [5.74, 6) is 1.17. The normalized spacial score (nSPS) is 12.0. The summed E-state index contributed by atoms with van der Waals surface area (Å²) in [7, 11) is -4.02. The van der Waals surface area contributed by atoms with Gasteiger partial charge in [-0.25, -0.2) is 21.6 Å². The van der Waals surface area contributed by atoms with E-state index in [-0.39, 0.29) is 16.3 Å².